The Balaban J connectivity index is 4.03. The third kappa shape index (κ3) is 27.5. The van der Waals surface area contributed by atoms with Gasteiger partial charge in [0.2, 0.25) is 0 Å². The summed E-state index contributed by atoms with van der Waals surface area (Å²) in [5.74, 6) is 0.925. The zero-order chi connectivity index (χ0) is 27.0. The van der Waals surface area contributed by atoms with Gasteiger partial charge >= 0.3 is 17.9 Å². The Morgan fingerprint density at radius 2 is 0.917 bits per heavy atom. The van der Waals surface area contributed by atoms with E-state index in [0.717, 1.165) is 87.9 Å². The Labute approximate surface area is 244 Å². The molecule has 0 aliphatic rings. The number of hydrogen-bond donors (Lipinski definition) is 5. The molecule has 0 spiro atoms. The Bertz CT molecular complexity index is 583. The van der Waals surface area contributed by atoms with E-state index >= 15 is 0 Å². The summed E-state index contributed by atoms with van der Waals surface area (Å²) in [6.07, 6.45) is 11.7. The number of carboxylic acid groups (broad SMARTS) is 3. The molecule has 0 heterocycles. The quantitative estimate of drug-likeness (QED) is 0.0354. The minimum atomic E-state index is -0.737. The maximum atomic E-state index is 10.8. The van der Waals surface area contributed by atoms with Gasteiger partial charge in [-0.25, -0.2) is 0 Å². The summed E-state index contributed by atoms with van der Waals surface area (Å²) >= 11 is 9.26. The van der Waals surface area contributed by atoms with Gasteiger partial charge in [0.1, 0.15) is 0 Å². The molecule has 0 saturated carbocycles. The molecule has 0 aromatic rings. The first kappa shape index (κ1) is 36.5. The number of carbonyl (C=O) groups is 3. The van der Waals surface area contributed by atoms with Crippen LogP contribution in [0.25, 0.3) is 0 Å². The van der Waals surface area contributed by atoms with Crippen LogP contribution < -0.4 is 0 Å². The maximum Gasteiger partial charge on any atom is 0.303 e. The van der Waals surface area contributed by atoms with E-state index < -0.39 is 17.9 Å². The molecule has 0 saturated heterocycles. The SMILES string of the molecule is O=C(O)CCCCC(S)CCSSCCC(CCCCC(=O)O)SSCCC(S)CCCCC(=O)O. The lowest BCUT2D eigenvalue weighted by molar-refractivity contribution is -0.138. The largest absolute Gasteiger partial charge is 0.481 e. The lowest BCUT2D eigenvalue weighted by Crippen LogP contribution is -2.05. The van der Waals surface area contributed by atoms with Crippen LogP contribution in [0.3, 0.4) is 0 Å². The molecular weight excluding hydrogens is 577 g/mol. The van der Waals surface area contributed by atoms with Crippen molar-refractivity contribution in [2.75, 3.05) is 17.3 Å². The minimum Gasteiger partial charge on any atom is -0.481 e. The average molecular weight is 621 g/mol. The highest BCUT2D eigenvalue weighted by atomic mass is 33.1. The third-order valence-electron chi connectivity index (χ3n) is 5.40. The Morgan fingerprint density at radius 1 is 0.528 bits per heavy atom. The zero-order valence-corrected chi connectivity index (χ0v) is 26.1. The second-order valence-corrected chi connectivity index (χ2v) is 15.7. The molecule has 36 heavy (non-hydrogen) atoms. The van der Waals surface area contributed by atoms with Crippen LogP contribution in [0.1, 0.15) is 96.3 Å². The van der Waals surface area contributed by atoms with Crippen LogP contribution in [0.2, 0.25) is 0 Å². The van der Waals surface area contributed by atoms with Gasteiger partial charge < -0.3 is 15.3 Å². The molecule has 3 N–H and O–H groups in total. The molecule has 0 rings (SSSR count). The molecule has 0 aromatic carbocycles. The molecule has 12 heteroatoms. The Kier molecular flexibility index (Phi) is 26.1. The van der Waals surface area contributed by atoms with Crippen LogP contribution in [-0.4, -0.2) is 66.2 Å². The predicted octanol–water partition coefficient (Wildman–Crippen LogP) is 7.82. The summed E-state index contributed by atoms with van der Waals surface area (Å²) in [5, 5.41) is 27.4. The fourth-order valence-corrected chi connectivity index (χ4v) is 9.58. The molecule has 0 fully saturated rings. The minimum absolute atomic E-state index is 0.231. The topological polar surface area (TPSA) is 112 Å². The van der Waals surface area contributed by atoms with Gasteiger partial charge in [0.05, 0.1) is 0 Å². The van der Waals surface area contributed by atoms with Crippen molar-refractivity contribution in [3.8, 4) is 0 Å². The maximum absolute atomic E-state index is 10.8. The first-order chi connectivity index (χ1) is 17.2. The van der Waals surface area contributed by atoms with Crippen LogP contribution >= 0.6 is 68.4 Å². The number of hydrogen-bond acceptors (Lipinski definition) is 9. The monoisotopic (exact) mass is 620 g/mol. The molecule has 3 unspecified atom stereocenters. The van der Waals surface area contributed by atoms with E-state index in [1.807, 2.05) is 43.2 Å². The van der Waals surface area contributed by atoms with Crippen molar-refractivity contribution in [1.29, 1.82) is 0 Å². The molecule has 0 aliphatic heterocycles. The van der Waals surface area contributed by atoms with Gasteiger partial charge in [0.15, 0.2) is 0 Å². The summed E-state index contributed by atoms with van der Waals surface area (Å²) in [7, 11) is 7.56. The van der Waals surface area contributed by atoms with Gasteiger partial charge in [0.25, 0.3) is 0 Å². The standard InChI is InChI=1S/C24H44O6S6/c25-22(26)10-4-1-7-19(31)13-16-33-34-18-15-21(9-3-6-12-24(29)30)36-35-17-14-20(32)8-2-5-11-23(27)28/h19-21,31-32H,1-18H2,(H,25,26)(H,27,28)(H,29,30). The summed E-state index contributed by atoms with van der Waals surface area (Å²) in [4.78, 5) is 31.9. The van der Waals surface area contributed by atoms with Crippen LogP contribution in [0.5, 0.6) is 0 Å². The summed E-state index contributed by atoms with van der Waals surface area (Å²) < 4.78 is 0. The highest BCUT2D eigenvalue weighted by molar-refractivity contribution is 8.77. The van der Waals surface area contributed by atoms with Crippen LogP contribution in [0.4, 0.5) is 0 Å². The van der Waals surface area contributed by atoms with Crippen molar-refractivity contribution in [1.82, 2.24) is 0 Å². The highest BCUT2D eigenvalue weighted by Gasteiger charge is 2.12. The highest BCUT2D eigenvalue weighted by Crippen LogP contribution is 2.35. The van der Waals surface area contributed by atoms with E-state index in [0.29, 0.717) is 22.2 Å². The fraction of sp³-hybridized carbons (Fsp3) is 0.875. The Hall–Kier alpha value is 0.510. The van der Waals surface area contributed by atoms with E-state index in [1.54, 1.807) is 0 Å². The molecular formula is C24H44O6S6. The normalized spacial score (nSPS) is 13.8. The van der Waals surface area contributed by atoms with Crippen molar-refractivity contribution >= 4 is 86.3 Å². The number of carboxylic acids is 3. The lowest BCUT2D eigenvalue weighted by atomic mass is 10.1. The second-order valence-electron chi connectivity index (χ2n) is 8.78. The van der Waals surface area contributed by atoms with Crippen LogP contribution in [0, 0.1) is 0 Å². The summed E-state index contributed by atoms with van der Waals surface area (Å²) in [6, 6.07) is 0. The molecule has 212 valence electrons. The lowest BCUT2D eigenvalue weighted by Gasteiger charge is -2.16. The fourth-order valence-electron chi connectivity index (χ4n) is 3.30. The zero-order valence-electron chi connectivity index (χ0n) is 21.1. The first-order valence-corrected chi connectivity index (χ1v) is 18.6. The van der Waals surface area contributed by atoms with E-state index in [9.17, 15) is 14.4 Å². The van der Waals surface area contributed by atoms with Crippen molar-refractivity contribution < 1.29 is 29.7 Å². The molecule has 0 radical (unpaired) electrons. The van der Waals surface area contributed by atoms with Gasteiger partial charge in [0, 0.05) is 52.3 Å². The Morgan fingerprint density at radius 3 is 1.36 bits per heavy atom. The van der Waals surface area contributed by atoms with Gasteiger partial charge in [-0.15, -0.1) is 0 Å². The van der Waals surface area contributed by atoms with Crippen molar-refractivity contribution in [2.45, 2.75) is 112 Å². The molecule has 0 amide bonds. The molecule has 0 aliphatic carbocycles. The number of unbranched alkanes of at least 4 members (excludes halogenated alkanes) is 3. The number of rotatable bonds is 27. The van der Waals surface area contributed by atoms with Gasteiger partial charge in [-0.2, -0.15) is 25.3 Å². The number of thiol groups is 2. The van der Waals surface area contributed by atoms with Crippen molar-refractivity contribution in [2.24, 2.45) is 0 Å². The predicted molar refractivity (Wildman–Crippen MR) is 166 cm³/mol. The first-order valence-electron chi connectivity index (χ1n) is 12.7. The van der Waals surface area contributed by atoms with Gasteiger partial charge in [-0.1, -0.05) is 62.4 Å². The summed E-state index contributed by atoms with van der Waals surface area (Å²) in [5.41, 5.74) is 0. The van der Waals surface area contributed by atoms with E-state index in [1.165, 1.54) is 0 Å². The second kappa shape index (κ2) is 25.8. The average Bonchev–Trinajstić information content (AvgIpc) is 2.81. The number of aliphatic carboxylic acids is 3. The van der Waals surface area contributed by atoms with Gasteiger partial charge in [-0.05, 0) is 57.8 Å². The smallest absolute Gasteiger partial charge is 0.303 e. The van der Waals surface area contributed by atoms with Crippen molar-refractivity contribution in [3.05, 3.63) is 0 Å². The summed E-state index contributed by atoms with van der Waals surface area (Å²) in [6.45, 7) is 0. The van der Waals surface area contributed by atoms with Gasteiger partial charge in [-0.3, -0.25) is 14.4 Å². The van der Waals surface area contributed by atoms with E-state index in [2.05, 4.69) is 25.3 Å². The molecule has 6 nitrogen and oxygen atoms in total. The molecule has 0 aromatic heterocycles. The van der Waals surface area contributed by atoms with Crippen LogP contribution in [0.15, 0.2) is 0 Å². The van der Waals surface area contributed by atoms with Crippen LogP contribution in [-0.2, 0) is 14.4 Å². The molecule has 0 bridgehead atoms. The molecule has 3 atom stereocenters. The van der Waals surface area contributed by atoms with Crippen molar-refractivity contribution in [3.63, 3.8) is 0 Å². The van der Waals surface area contributed by atoms with E-state index in [-0.39, 0.29) is 19.3 Å². The van der Waals surface area contributed by atoms with E-state index in [4.69, 9.17) is 15.3 Å². The third-order valence-corrected chi connectivity index (χ3v) is 11.9.